The lowest BCUT2D eigenvalue weighted by Gasteiger charge is -2.20. The lowest BCUT2D eigenvalue weighted by Crippen LogP contribution is -2.45. The minimum absolute atomic E-state index is 0.172. The third kappa shape index (κ3) is 8.28. The van der Waals surface area contributed by atoms with E-state index in [-0.39, 0.29) is 23.1 Å². The fourth-order valence-electron chi connectivity index (χ4n) is 3.66. The normalized spacial score (nSPS) is 11.6. The summed E-state index contributed by atoms with van der Waals surface area (Å²) in [6, 6.07) is 15.4. The Bertz CT molecular complexity index is 1350. The molecule has 0 aliphatic heterocycles. The van der Waals surface area contributed by atoms with Gasteiger partial charge < -0.3 is 24.8 Å². The number of methoxy groups -OCH3 is 1. The molecular weight excluding hydrogens is 532 g/mol. The maximum Gasteiger partial charge on any atom is 0.341 e. The molecule has 0 fully saturated rings. The van der Waals surface area contributed by atoms with Gasteiger partial charge in [-0.3, -0.25) is 9.59 Å². The molecule has 10 heteroatoms. The fraction of sp³-hybridized carbons (Fsp3) is 0.267. The largest absolute Gasteiger partial charge is 0.497 e. The van der Waals surface area contributed by atoms with Gasteiger partial charge in [-0.05, 0) is 42.2 Å². The van der Waals surface area contributed by atoms with Crippen molar-refractivity contribution in [1.82, 2.24) is 5.32 Å². The number of thiophene rings is 1. The van der Waals surface area contributed by atoms with Gasteiger partial charge in [-0.15, -0.1) is 11.3 Å². The minimum Gasteiger partial charge on any atom is -0.497 e. The number of ether oxygens (including phenoxy) is 3. The predicted molar refractivity (Wildman–Crippen MR) is 154 cm³/mol. The highest BCUT2D eigenvalue weighted by Gasteiger charge is 2.27. The van der Waals surface area contributed by atoms with Gasteiger partial charge in [0.2, 0.25) is 5.91 Å². The number of rotatable bonds is 12. The first-order valence-corrected chi connectivity index (χ1v) is 13.5. The zero-order chi connectivity index (χ0) is 29.1. The number of benzene rings is 2. The molecule has 0 aliphatic rings. The number of hydrogen-bond acceptors (Lipinski definition) is 8. The minimum atomic E-state index is -0.970. The second-order valence-electron chi connectivity index (χ2n) is 8.93. The van der Waals surface area contributed by atoms with E-state index >= 15 is 0 Å². The van der Waals surface area contributed by atoms with Crippen molar-refractivity contribution in [3.05, 3.63) is 77.2 Å². The van der Waals surface area contributed by atoms with Gasteiger partial charge in [0.05, 0.1) is 13.7 Å². The van der Waals surface area contributed by atoms with E-state index in [0.29, 0.717) is 11.3 Å². The Kier molecular flexibility index (Phi) is 11.0. The standard InChI is InChI=1S/C30H32N2O7S/c1-5-38-29(35)26-23(21-9-7-6-8-10-21)18-40-28(26)32-25(34)17-39-30(36)27(19(2)3)31-24(33)16-13-20-11-14-22(37-4)15-12-20/h6-16,18-19,27H,5,17H2,1-4H3,(H,31,33)(H,32,34). The van der Waals surface area contributed by atoms with Gasteiger partial charge in [-0.25, -0.2) is 9.59 Å². The van der Waals surface area contributed by atoms with Crippen LogP contribution in [0, 0.1) is 5.92 Å². The Morgan fingerprint density at radius 1 is 0.975 bits per heavy atom. The maximum absolute atomic E-state index is 12.7. The number of nitrogens with one attached hydrogen (secondary N) is 2. The quantitative estimate of drug-likeness (QED) is 0.236. The molecule has 9 nitrogen and oxygen atoms in total. The van der Waals surface area contributed by atoms with Gasteiger partial charge in [-0.2, -0.15) is 0 Å². The molecule has 40 heavy (non-hydrogen) atoms. The molecule has 1 unspecified atom stereocenters. The Hall–Kier alpha value is -4.44. The van der Waals surface area contributed by atoms with E-state index in [1.165, 1.54) is 17.4 Å². The molecule has 2 aromatic carbocycles. The summed E-state index contributed by atoms with van der Waals surface area (Å²) in [4.78, 5) is 50.6. The molecule has 0 radical (unpaired) electrons. The molecule has 1 atom stereocenters. The van der Waals surface area contributed by atoms with Crippen LogP contribution in [0.15, 0.2) is 66.1 Å². The Balaban J connectivity index is 1.62. The molecule has 3 aromatic rings. The summed E-state index contributed by atoms with van der Waals surface area (Å²) in [6.45, 7) is 4.78. The van der Waals surface area contributed by atoms with Gasteiger partial charge in [-0.1, -0.05) is 56.3 Å². The van der Waals surface area contributed by atoms with E-state index in [1.807, 2.05) is 30.3 Å². The van der Waals surface area contributed by atoms with E-state index in [0.717, 1.165) is 11.1 Å². The third-order valence-corrected chi connectivity index (χ3v) is 6.61. The van der Waals surface area contributed by atoms with Gasteiger partial charge in [0.25, 0.3) is 5.91 Å². The van der Waals surface area contributed by atoms with Crippen LogP contribution in [0.1, 0.15) is 36.7 Å². The van der Waals surface area contributed by atoms with Crippen LogP contribution < -0.4 is 15.4 Å². The van der Waals surface area contributed by atoms with Crippen LogP contribution in [0.2, 0.25) is 0 Å². The molecule has 0 saturated carbocycles. The summed E-state index contributed by atoms with van der Waals surface area (Å²) in [5.41, 5.74) is 2.43. The average Bonchev–Trinajstić information content (AvgIpc) is 3.37. The number of hydrogen-bond donors (Lipinski definition) is 2. The summed E-state index contributed by atoms with van der Waals surface area (Å²) in [7, 11) is 1.57. The summed E-state index contributed by atoms with van der Waals surface area (Å²) >= 11 is 1.17. The van der Waals surface area contributed by atoms with Crippen molar-refractivity contribution in [3.8, 4) is 16.9 Å². The van der Waals surface area contributed by atoms with Crippen molar-refractivity contribution < 1.29 is 33.4 Å². The second-order valence-corrected chi connectivity index (χ2v) is 9.81. The molecule has 0 spiro atoms. The van der Waals surface area contributed by atoms with Crippen LogP contribution in [0.3, 0.4) is 0 Å². The molecule has 2 N–H and O–H groups in total. The number of carbonyl (C=O) groups is 4. The molecule has 1 aromatic heterocycles. The molecule has 2 amide bonds. The topological polar surface area (TPSA) is 120 Å². The fourth-order valence-corrected chi connectivity index (χ4v) is 4.63. The van der Waals surface area contributed by atoms with E-state index in [9.17, 15) is 19.2 Å². The number of amides is 2. The first-order valence-electron chi connectivity index (χ1n) is 12.7. The Morgan fingerprint density at radius 2 is 1.68 bits per heavy atom. The molecule has 0 aliphatic carbocycles. The number of esters is 2. The van der Waals surface area contributed by atoms with Crippen molar-refractivity contribution in [3.63, 3.8) is 0 Å². The Morgan fingerprint density at radius 3 is 2.30 bits per heavy atom. The molecule has 210 valence electrons. The van der Waals surface area contributed by atoms with Gasteiger partial charge in [0, 0.05) is 17.0 Å². The van der Waals surface area contributed by atoms with Gasteiger partial charge in [0.1, 0.15) is 22.4 Å². The average molecular weight is 565 g/mol. The highest BCUT2D eigenvalue weighted by atomic mass is 32.1. The van der Waals surface area contributed by atoms with Crippen molar-refractivity contribution in [2.24, 2.45) is 5.92 Å². The van der Waals surface area contributed by atoms with E-state index in [1.54, 1.807) is 63.6 Å². The SMILES string of the molecule is CCOC(=O)c1c(-c2ccccc2)csc1NC(=O)COC(=O)C(NC(=O)C=Cc1ccc(OC)cc1)C(C)C. The molecule has 1 heterocycles. The van der Waals surface area contributed by atoms with Gasteiger partial charge in [0.15, 0.2) is 6.61 Å². The zero-order valence-electron chi connectivity index (χ0n) is 22.8. The Labute approximate surface area is 237 Å². The van der Waals surface area contributed by atoms with Crippen LogP contribution in [0.5, 0.6) is 5.75 Å². The van der Waals surface area contributed by atoms with Crippen LogP contribution in [-0.2, 0) is 23.9 Å². The van der Waals surface area contributed by atoms with Crippen molar-refractivity contribution in [2.75, 3.05) is 25.6 Å². The smallest absolute Gasteiger partial charge is 0.341 e. The highest BCUT2D eigenvalue weighted by molar-refractivity contribution is 7.15. The van der Waals surface area contributed by atoms with E-state index in [4.69, 9.17) is 14.2 Å². The van der Waals surface area contributed by atoms with Crippen molar-refractivity contribution in [2.45, 2.75) is 26.8 Å². The van der Waals surface area contributed by atoms with Crippen LogP contribution >= 0.6 is 11.3 Å². The zero-order valence-corrected chi connectivity index (χ0v) is 23.6. The van der Waals surface area contributed by atoms with Gasteiger partial charge >= 0.3 is 11.9 Å². The van der Waals surface area contributed by atoms with Crippen molar-refractivity contribution >= 4 is 46.2 Å². The van der Waals surface area contributed by atoms with Crippen LogP contribution in [0.25, 0.3) is 17.2 Å². The second kappa shape index (κ2) is 14.6. The number of anilines is 1. The first kappa shape index (κ1) is 30.1. The van der Waals surface area contributed by atoms with Crippen molar-refractivity contribution in [1.29, 1.82) is 0 Å². The van der Waals surface area contributed by atoms with Crippen LogP contribution in [0.4, 0.5) is 5.00 Å². The summed E-state index contributed by atoms with van der Waals surface area (Å²) in [5, 5.41) is 7.32. The first-order chi connectivity index (χ1) is 19.2. The lowest BCUT2D eigenvalue weighted by molar-refractivity contribution is -0.151. The molecule has 3 rings (SSSR count). The third-order valence-electron chi connectivity index (χ3n) is 5.72. The summed E-state index contributed by atoms with van der Waals surface area (Å²) in [5.74, 6) is -2.04. The maximum atomic E-state index is 12.7. The van der Waals surface area contributed by atoms with E-state index in [2.05, 4.69) is 10.6 Å². The lowest BCUT2D eigenvalue weighted by atomic mass is 10.0. The monoisotopic (exact) mass is 564 g/mol. The molecule has 0 saturated heterocycles. The summed E-state index contributed by atoms with van der Waals surface area (Å²) < 4.78 is 15.5. The number of carbonyl (C=O) groups excluding carboxylic acids is 4. The van der Waals surface area contributed by atoms with Crippen LogP contribution in [-0.4, -0.2) is 50.1 Å². The summed E-state index contributed by atoms with van der Waals surface area (Å²) in [6.07, 6.45) is 2.92. The van der Waals surface area contributed by atoms with E-state index < -0.39 is 36.4 Å². The molecular formula is C30H32N2O7S. The predicted octanol–water partition coefficient (Wildman–Crippen LogP) is 4.94. The molecule has 0 bridgehead atoms. The highest BCUT2D eigenvalue weighted by Crippen LogP contribution is 2.36.